The predicted molar refractivity (Wildman–Crippen MR) is 80.9 cm³/mol. The summed E-state index contributed by atoms with van der Waals surface area (Å²) in [4.78, 5) is 4.17. The summed E-state index contributed by atoms with van der Waals surface area (Å²) in [5, 5.41) is 14.6. The van der Waals surface area contributed by atoms with Gasteiger partial charge >= 0.3 is 0 Å². The molecule has 0 amide bonds. The average molecular weight is 290 g/mol. The van der Waals surface area contributed by atoms with E-state index in [1.807, 2.05) is 23.0 Å². The highest BCUT2D eigenvalue weighted by Gasteiger charge is 2.03. The van der Waals surface area contributed by atoms with Crippen molar-refractivity contribution in [3.8, 4) is 0 Å². The second kappa shape index (κ2) is 8.08. The Bertz CT molecular complexity index is 546. The normalized spacial score (nSPS) is 11.6. The molecule has 2 N–H and O–H groups in total. The third-order valence-corrected chi connectivity index (χ3v) is 3.04. The van der Waals surface area contributed by atoms with E-state index in [2.05, 4.69) is 32.8 Å². The van der Waals surface area contributed by atoms with Gasteiger partial charge in [-0.2, -0.15) is 5.10 Å². The van der Waals surface area contributed by atoms with Crippen LogP contribution in [0.15, 0.2) is 34.0 Å². The second-order valence-electron chi connectivity index (χ2n) is 4.61. The first-order valence-corrected chi connectivity index (χ1v) is 7.18. The molecule has 0 atom stereocenters. The fourth-order valence-electron chi connectivity index (χ4n) is 1.88. The van der Waals surface area contributed by atoms with Crippen molar-refractivity contribution in [2.75, 3.05) is 13.6 Å². The minimum Gasteiger partial charge on any atom is -0.359 e. The van der Waals surface area contributed by atoms with E-state index in [1.54, 1.807) is 13.2 Å². The van der Waals surface area contributed by atoms with Gasteiger partial charge in [-0.05, 0) is 18.9 Å². The summed E-state index contributed by atoms with van der Waals surface area (Å²) in [5.74, 6) is 1.57. The van der Waals surface area contributed by atoms with Gasteiger partial charge in [-0.3, -0.25) is 9.67 Å². The molecule has 0 saturated carbocycles. The van der Waals surface area contributed by atoms with Crippen LogP contribution in [-0.4, -0.2) is 34.5 Å². The van der Waals surface area contributed by atoms with E-state index in [0.717, 1.165) is 43.3 Å². The van der Waals surface area contributed by atoms with Crippen LogP contribution in [0.4, 0.5) is 0 Å². The van der Waals surface area contributed by atoms with Crippen molar-refractivity contribution in [1.29, 1.82) is 0 Å². The van der Waals surface area contributed by atoms with E-state index >= 15 is 0 Å². The molecule has 7 nitrogen and oxygen atoms in total. The number of aryl methyl sites for hydroxylation is 2. The molecule has 0 fully saturated rings. The van der Waals surface area contributed by atoms with Crippen LogP contribution in [0.3, 0.4) is 0 Å². The Balaban J connectivity index is 1.66. The molecule has 0 unspecified atom stereocenters. The fraction of sp³-hybridized carbons (Fsp3) is 0.500. The maximum Gasteiger partial charge on any atom is 0.191 e. The zero-order valence-electron chi connectivity index (χ0n) is 12.5. The van der Waals surface area contributed by atoms with Gasteiger partial charge < -0.3 is 15.2 Å². The molecule has 0 spiro atoms. The summed E-state index contributed by atoms with van der Waals surface area (Å²) >= 11 is 0. The van der Waals surface area contributed by atoms with Crippen LogP contribution in [0.25, 0.3) is 0 Å². The van der Waals surface area contributed by atoms with E-state index in [9.17, 15) is 0 Å². The highest BCUT2D eigenvalue weighted by Crippen LogP contribution is 2.03. The first kappa shape index (κ1) is 15.1. The number of rotatable bonds is 7. The van der Waals surface area contributed by atoms with Gasteiger partial charge in [0.2, 0.25) is 0 Å². The van der Waals surface area contributed by atoms with E-state index in [1.165, 1.54) is 0 Å². The quantitative estimate of drug-likeness (QED) is 0.455. The molecule has 114 valence electrons. The topological polar surface area (TPSA) is 80.3 Å². The highest BCUT2D eigenvalue weighted by molar-refractivity contribution is 5.79. The van der Waals surface area contributed by atoms with Gasteiger partial charge in [-0.1, -0.05) is 12.1 Å². The summed E-state index contributed by atoms with van der Waals surface area (Å²) in [7, 11) is 1.75. The molecule has 21 heavy (non-hydrogen) atoms. The van der Waals surface area contributed by atoms with E-state index < -0.39 is 0 Å². The molecule has 0 aliphatic carbocycles. The molecule has 0 aliphatic heterocycles. The third-order valence-electron chi connectivity index (χ3n) is 3.04. The van der Waals surface area contributed by atoms with Gasteiger partial charge in [0.05, 0.1) is 12.2 Å². The summed E-state index contributed by atoms with van der Waals surface area (Å²) in [6.45, 7) is 4.34. The molecule has 7 heteroatoms. The Morgan fingerprint density at radius 1 is 1.43 bits per heavy atom. The molecule has 0 bridgehead atoms. The molecule has 2 aromatic heterocycles. The average Bonchev–Trinajstić information content (AvgIpc) is 3.17. The van der Waals surface area contributed by atoms with Crippen molar-refractivity contribution in [2.24, 2.45) is 4.99 Å². The Labute approximate surface area is 124 Å². The minimum absolute atomic E-state index is 0.575. The molecule has 0 aromatic carbocycles. The summed E-state index contributed by atoms with van der Waals surface area (Å²) in [6.07, 6.45) is 5.60. The minimum atomic E-state index is 0.575. The molecule has 0 saturated heterocycles. The number of aliphatic imine (C=N–C) groups is 1. The maximum atomic E-state index is 5.22. The Morgan fingerprint density at radius 3 is 3.00 bits per heavy atom. The molecular weight excluding hydrogens is 268 g/mol. The van der Waals surface area contributed by atoms with Crippen LogP contribution in [0, 0.1) is 0 Å². The van der Waals surface area contributed by atoms with Gasteiger partial charge in [0.1, 0.15) is 0 Å². The summed E-state index contributed by atoms with van der Waals surface area (Å²) in [5.41, 5.74) is 0.967. The number of aromatic nitrogens is 3. The van der Waals surface area contributed by atoms with Crippen molar-refractivity contribution in [2.45, 2.75) is 32.9 Å². The first-order valence-electron chi connectivity index (χ1n) is 7.18. The Hall–Kier alpha value is -2.31. The van der Waals surface area contributed by atoms with Gasteiger partial charge in [0, 0.05) is 38.6 Å². The number of nitrogens with zero attached hydrogens (tertiary/aromatic N) is 4. The van der Waals surface area contributed by atoms with Crippen molar-refractivity contribution in [3.05, 3.63) is 36.0 Å². The van der Waals surface area contributed by atoms with E-state index in [4.69, 9.17) is 4.52 Å². The van der Waals surface area contributed by atoms with Crippen LogP contribution in [0.5, 0.6) is 0 Å². The third kappa shape index (κ3) is 4.94. The van der Waals surface area contributed by atoms with Crippen molar-refractivity contribution >= 4 is 5.96 Å². The largest absolute Gasteiger partial charge is 0.359 e. The molecule has 2 aromatic rings. The lowest BCUT2D eigenvalue weighted by Crippen LogP contribution is -2.37. The molecule has 0 radical (unpaired) electrons. The maximum absolute atomic E-state index is 5.22. The van der Waals surface area contributed by atoms with Crippen LogP contribution >= 0.6 is 0 Å². The van der Waals surface area contributed by atoms with Crippen molar-refractivity contribution in [3.63, 3.8) is 0 Å². The summed E-state index contributed by atoms with van der Waals surface area (Å²) < 4.78 is 7.13. The van der Waals surface area contributed by atoms with Crippen molar-refractivity contribution < 1.29 is 4.52 Å². The zero-order valence-corrected chi connectivity index (χ0v) is 12.5. The highest BCUT2D eigenvalue weighted by atomic mass is 16.5. The summed E-state index contributed by atoms with van der Waals surface area (Å²) in [6, 6.07) is 3.88. The SMILES string of the molecule is CCc1cc(CNC(=NC)NCCCn2cccn2)on1. The second-order valence-corrected chi connectivity index (χ2v) is 4.61. The number of hydrogen-bond acceptors (Lipinski definition) is 4. The lowest BCUT2D eigenvalue weighted by Gasteiger charge is -2.10. The van der Waals surface area contributed by atoms with Crippen LogP contribution in [0.1, 0.15) is 24.8 Å². The Morgan fingerprint density at radius 2 is 2.33 bits per heavy atom. The van der Waals surface area contributed by atoms with E-state index in [-0.39, 0.29) is 0 Å². The molecular formula is C14H22N6O. The first-order chi connectivity index (χ1) is 10.3. The fourth-order valence-corrected chi connectivity index (χ4v) is 1.88. The standard InChI is InChI=1S/C14H22N6O/c1-3-12-10-13(21-19-12)11-17-14(15-2)16-6-4-8-20-9-5-7-18-20/h5,7,9-10H,3-4,6,8,11H2,1-2H3,(H2,15,16,17). The number of nitrogens with one attached hydrogen (secondary N) is 2. The lowest BCUT2D eigenvalue weighted by atomic mass is 10.3. The van der Waals surface area contributed by atoms with Gasteiger partial charge in [0.25, 0.3) is 0 Å². The van der Waals surface area contributed by atoms with Crippen LogP contribution in [0.2, 0.25) is 0 Å². The van der Waals surface area contributed by atoms with E-state index in [0.29, 0.717) is 6.54 Å². The van der Waals surface area contributed by atoms with Crippen LogP contribution < -0.4 is 10.6 Å². The van der Waals surface area contributed by atoms with Gasteiger partial charge in [-0.25, -0.2) is 0 Å². The predicted octanol–water partition coefficient (Wildman–Crippen LogP) is 1.19. The molecule has 0 aliphatic rings. The monoisotopic (exact) mass is 290 g/mol. The zero-order chi connectivity index (χ0) is 14.9. The lowest BCUT2D eigenvalue weighted by molar-refractivity contribution is 0.374. The molecule has 2 rings (SSSR count). The van der Waals surface area contributed by atoms with Gasteiger partial charge in [0.15, 0.2) is 11.7 Å². The number of hydrogen-bond donors (Lipinski definition) is 2. The smallest absolute Gasteiger partial charge is 0.191 e. The van der Waals surface area contributed by atoms with Crippen LogP contribution in [-0.2, 0) is 19.5 Å². The molecule has 2 heterocycles. The van der Waals surface area contributed by atoms with Crippen molar-refractivity contribution in [1.82, 2.24) is 25.6 Å². The Kier molecular flexibility index (Phi) is 5.81. The van der Waals surface area contributed by atoms with Gasteiger partial charge in [-0.15, -0.1) is 0 Å². The number of guanidine groups is 1.